The van der Waals surface area contributed by atoms with Crippen molar-refractivity contribution in [1.29, 1.82) is 0 Å². The molecule has 2 N–H and O–H groups in total. The zero-order valence-electron chi connectivity index (χ0n) is 17.4. The number of hydrogen-bond acceptors (Lipinski definition) is 10. The van der Waals surface area contributed by atoms with Gasteiger partial charge in [-0.05, 0) is 39.0 Å². The maximum atomic E-state index is 12.5. The first-order valence-electron chi connectivity index (χ1n) is 10.4. The van der Waals surface area contributed by atoms with Crippen LogP contribution in [0.4, 0.5) is 0 Å². The summed E-state index contributed by atoms with van der Waals surface area (Å²) in [6.07, 6.45) is -1.79. The van der Waals surface area contributed by atoms with Crippen LogP contribution in [0.1, 0.15) is 78.1 Å². The van der Waals surface area contributed by atoms with Crippen LogP contribution in [0, 0.1) is 0 Å². The Kier molecular flexibility index (Phi) is 8.19. The zero-order valence-corrected chi connectivity index (χ0v) is 17.4. The molecule has 0 aromatic carbocycles. The van der Waals surface area contributed by atoms with Gasteiger partial charge in [0.2, 0.25) is 0 Å². The number of carbonyl (C=O) groups excluding carboxylic acids is 4. The summed E-state index contributed by atoms with van der Waals surface area (Å²) in [5, 5.41) is 21.3. The highest BCUT2D eigenvalue weighted by Crippen LogP contribution is 2.41. The molecule has 0 bridgehead atoms. The van der Waals surface area contributed by atoms with E-state index in [9.17, 15) is 29.4 Å². The van der Waals surface area contributed by atoms with E-state index in [0.29, 0.717) is 25.7 Å². The number of rotatable bonds is 4. The van der Waals surface area contributed by atoms with Crippen LogP contribution in [0.5, 0.6) is 0 Å². The smallest absolute Gasteiger partial charge is 0.419 e. The molecular weight excluding hydrogens is 400 g/mol. The molecule has 0 amide bonds. The van der Waals surface area contributed by atoms with Crippen molar-refractivity contribution in [2.24, 2.45) is 0 Å². The quantitative estimate of drug-likeness (QED) is 0.493. The summed E-state index contributed by atoms with van der Waals surface area (Å²) in [5.41, 5.74) is -2.26. The molecule has 0 radical (unpaired) electrons. The Morgan fingerprint density at radius 2 is 1.30 bits per heavy atom. The Morgan fingerprint density at radius 1 is 0.867 bits per heavy atom. The zero-order chi connectivity index (χ0) is 22.4. The molecule has 0 aromatic heterocycles. The van der Waals surface area contributed by atoms with Gasteiger partial charge in [-0.15, -0.1) is 0 Å². The monoisotopic (exact) mass is 430 g/mol. The third-order valence-electron chi connectivity index (χ3n) is 5.23. The summed E-state index contributed by atoms with van der Waals surface area (Å²) in [7, 11) is 0. The Morgan fingerprint density at radius 3 is 1.73 bits per heavy atom. The van der Waals surface area contributed by atoms with E-state index >= 15 is 0 Å². The molecule has 2 aliphatic rings. The summed E-state index contributed by atoms with van der Waals surface area (Å²) in [6, 6.07) is 0. The summed E-state index contributed by atoms with van der Waals surface area (Å²) >= 11 is 0. The molecule has 10 nitrogen and oxygen atoms in total. The second kappa shape index (κ2) is 10.2. The van der Waals surface area contributed by atoms with Crippen LogP contribution in [0.15, 0.2) is 0 Å². The van der Waals surface area contributed by atoms with Gasteiger partial charge in [0.05, 0.1) is 6.10 Å². The van der Waals surface area contributed by atoms with Crippen LogP contribution in [0.3, 0.4) is 0 Å². The SMILES string of the molecule is CCC1(C2(O)OC(=O)CCCCC(=O)O2)OC(=O)CCCCC(=O)OC1CC(C)O. The highest BCUT2D eigenvalue weighted by molar-refractivity contribution is 5.74. The maximum Gasteiger partial charge on any atom is 0.419 e. The molecule has 0 spiro atoms. The summed E-state index contributed by atoms with van der Waals surface area (Å²) in [4.78, 5) is 49.5. The molecule has 10 heteroatoms. The van der Waals surface area contributed by atoms with Crippen LogP contribution < -0.4 is 0 Å². The van der Waals surface area contributed by atoms with Crippen LogP contribution in [0.25, 0.3) is 0 Å². The van der Waals surface area contributed by atoms with Crippen molar-refractivity contribution in [1.82, 2.24) is 0 Å². The van der Waals surface area contributed by atoms with E-state index in [1.807, 2.05) is 0 Å². The fourth-order valence-electron chi connectivity index (χ4n) is 3.65. The number of ether oxygens (including phenoxy) is 4. The van der Waals surface area contributed by atoms with E-state index in [1.165, 1.54) is 13.8 Å². The van der Waals surface area contributed by atoms with Crippen molar-refractivity contribution in [2.75, 3.05) is 0 Å². The van der Waals surface area contributed by atoms with Gasteiger partial charge in [-0.2, -0.15) is 0 Å². The highest BCUT2D eigenvalue weighted by Gasteiger charge is 2.66. The minimum absolute atomic E-state index is 0.0153. The molecule has 0 saturated carbocycles. The summed E-state index contributed by atoms with van der Waals surface area (Å²) < 4.78 is 21.3. The lowest BCUT2D eigenvalue weighted by atomic mass is 9.86. The van der Waals surface area contributed by atoms with Gasteiger partial charge < -0.3 is 29.2 Å². The third kappa shape index (κ3) is 5.69. The Balaban J connectivity index is 2.60. The van der Waals surface area contributed by atoms with Gasteiger partial charge >= 0.3 is 29.9 Å². The lowest BCUT2D eigenvalue weighted by molar-refractivity contribution is -0.408. The second-order valence-corrected chi connectivity index (χ2v) is 7.72. The average molecular weight is 430 g/mol. The lowest BCUT2D eigenvalue weighted by Gasteiger charge is -2.46. The predicted octanol–water partition coefficient (Wildman–Crippen LogP) is 1.24. The molecule has 3 unspecified atom stereocenters. The molecule has 2 heterocycles. The Bertz CT molecular complexity index is 638. The molecule has 3 atom stereocenters. The molecule has 0 aliphatic carbocycles. The maximum absolute atomic E-state index is 12.5. The van der Waals surface area contributed by atoms with Gasteiger partial charge in [0.25, 0.3) is 5.60 Å². The van der Waals surface area contributed by atoms with Gasteiger partial charge in [-0.3, -0.25) is 19.2 Å². The van der Waals surface area contributed by atoms with Crippen molar-refractivity contribution in [3.63, 3.8) is 0 Å². The molecule has 0 aromatic rings. The van der Waals surface area contributed by atoms with E-state index in [1.54, 1.807) is 0 Å². The van der Waals surface area contributed by atoms with Crippen molar-refractivity contribution < 1.29 is 48.3 Å². The predicted molar refractivity (Wildman–Crippen MR) is 99.4 cm³/mol. The number of cyclic esters (lactones) is 4. The fourth-order valence-corrected chi connectivity index (χ4v) is 3.65. The molecular formula is C20H30O10. The highest BCUT2D eigenvalue weighted by atomic mass is 16.9. The van der Waals surface area contributed by atoms with Crippen LogP contribution in [-0.4, -0.2) is 57.9 Å². The largest absolute Gasteiger partial charge is 0.458 e. The molecule has 30 heavy (non-hydrogen) atoms. The van der Waals surface area contributed by atoms with E-state index in [4.69, 9.17) is 18.9 Å². The van der Waals surface area contributed by atoms with Gasteiger partial charge in [0.15, 0.2) is 6.10 Å². The number of aliphatic hydroxyl groups excluding tert-OH is 1. The van der Waals surface area contributed by atoms with Crippen molar-refractivity contribution >= 4 is 23.9 Å². The first-order chi connectivity index (χ1) is 14.1. The molecule has 2 aliphatic heterocycles. The topological polar surface area (TPSA) is 146 Å². The fraction of sp³-hybridized carbons (Fsp3) is 0.800. The van der Waals surface area contributed by atoms with Crippen molar-refractivity contribution in [3.05, 3.63) is 0 Å². The standard InChI is InChI=1S/C20H30O10/c1-3-19(20(26)29-17(24)10-6-7-11-18(25)30-20)14(12-13(2)21)27-15(22)8-4-5-9-16(23)28-19/h13-14,21,26H,3-12H2,1-2H3. The normalized spacial score (nSPS) is 29.8. The molecule has 2 fully saturated rings. The minimum Gasteiger partial charge on any atom is -0.458 e. The number of carbonyl (C=O) groups is 4. The van der Waals surface area contributed by atoms with Crippen LogP contribution in [0.2, 0.25) is 0 Å². The van der Waals surface area contributed by atoms with E-state index in [2.05, 4.69) is 0 Å². The minimum atomic E-state index is -3.03. The second-order valence-electron chi connectivity index (χ2n) is 7.72. The van der Waals surface area contributed by atoms with Gasteiger partial charge in [0, 0.05) is 32.1 Å². The Hall–Kier alpha value is -2.20. The first kappa shape index (κ1) is 24.1. The number of aliphatic hydroxyl groups is 2. The summed E-state index contributed by atoms with van der Waals surface area (Å²) in [6.45, 7) is 2.91. The van der Waals surface area contributed by atoms with Gasteiger partial charge in [0.1, 0.15) is 0 Å². The van der Waals surface area contributed by atoms with E-state index in [-0.39, 0.29) is 38.5 Å². The number of esters is 4. The molecule has 2 rings (SSSR count). The van der Waals surface area contributed by atoms with E-state index < -0.39 is 47.7 Å². The van der Waals surface area contributed by atoms with Gasteiger partial charge in [-0.25, -0.2) is 0 Å². The van der Waals surface area contributed by atoms with Crippen LogP contribution >= 0.6 is 0 Å². The average Bonchev–Trinajstić information content (AvgIpc) is 2.71. The van der Waals surface area contributed by atoms with Crippen molar-refractivity contribution in [2.45, 2.75) is 102 Å². The lowest BCUT2D eigenvalue weighted by Crippen LogP contribution is -2.68. The van der Waals surface area contributed by atoms with Crippen molar-refractivity contribution in [3.8, 4) is 0 Å². The first-order valence-corrected chi connectivity index (χ1v) is 10.4. The molecule has 2 saturated heterocycles. The molecule has 170 valence electrons. The summed E-state index contributed by atoms with van der Waals surface area (Å²) in [5.74, 6) is -6.15. The van der Waals surface area contributed by atoms with E-state index in [0.717, 1.165) is 0 Å². The van der Waals surface area contributed by atoms with Crippen LogP contribution in [-0.2, 0) is 38.1 Å². The number of hydrogen-bond donors (Lipinski definition) is 2. The van der Waals surface area contributed by atoms with Gasteiger partial charge in [-0.1, -0.05) is 6.92 Å². The third-order valence-corrected chi connectivity index (χ3v) is 5.23. The Labute approximate surface area is 174 Å².